The molecule has 104 valence electrons. The Bertz CT molecular complexity index is 293. The fourth-order valence-electron chi connectivity index (χ4n) is 3.21. The summed E-state index contributed by atoms with van der Waals surface area (Å²) in [5.74, 6) is 2.64. The van der Waals surface area contributed by atoms with Crippen LogP contribution < -0.4 is 0 Å². The van der Waals surface area contributed by atoms with Crippen molar-refractivity contribution >= 4 is 5.97 Å². The zero-order valence-electron chi connectivity index (χ0n) is 12.4. The van der Waals surface area contributed by atoms with Crippen LogP contribution in [-0.4, -0.2) is 12.6 Å². The van der Waals surface area contributed by atoms with Gasteiger partial charge in [-0.15, -0.1) is 0 Å². The normalized spacial score (nSPS) is 27.5. The van der Waals surface area contributed by atoms with Gasteiger partial charge in [0.1, 0.15) is 0 Å². The zero-order valence-corrected chi connectivity index (χ0v) is 12.4. The third kappa shape index (κ3) is 4.47. The molecule has 3 unspecified atom stereocenters. The summed E-state index contributed by atoms with van der Waals surface area (Å²) in [7, 11) is 0. The Morgan fingerprint density at radius 3 is 2.44 bits per heavy atom. The smallest absolute Gasteiger partial charge is 0.333 e. The molecule has 0 spiro atoms. The van der Waals surface area contributed by atoms with Crippen molar-refractivity contribution < 1.29 is 9.53 Å². The van der Waals surface area contributed by atoms with Crippen LogP contribution in [0.25, 0.3) is 0 Å². The predicted molar refractivity (Wildman–Crippen MR) is 75.2 cm³/mol. The van der Waals surface area contributed by atoms with Gasteiger partial charge in [-0.1, -0.05) is 33.8 Å². The van der Waals surface area contributed by atoms with Gasteiger partial charge in [-0.05, 0) is 49.9 Å². The molecule has 1 fully saturated rings. The number of esters is 1. The number of rotatable bonds is 6. The van der Waals surface area contributed by atoms with E-state index in [0.29, 0.717) is 18.1 Å². The minimum absolute atomic E-state index is 0.239. The Labute approximate surface area is 112 Å². The van der Waals surface area contributed by atoms with E-state index < -0.39 is 0 Å². The van der Waals surface area contributed by atoms with E-state index in [0.717, 1.165) is 17.8 Å². The van der Waals surface area contributed by atoms with E-state index in [1.165, 1.54) is 25.7 Å². The molecule has 18 heavy (non-hydrogen) atoms. The summed E-state index contributed by atoms with van der Waals surface area (Å²) in [5.41, 5.74) is 0.500. The van der Waals surface area contributed by atoms with Crippen molar-refractivity contribution in [1.29, 1.82) is 0 Å². The summed E-state index contributed by atoms with van der Waals surface area (Å²) in [6, 6.07) is 0. The number of hydrogen-bond acceptors (Lipinski definition) is 2. The van der Waals surface area contributed by atoms with Gasteiger partial charge in [-0.3, -0.25) is 0 Å². The first-order valence-electron chi connectivity index (χ1n) is 7.26. The molecular weight excluding hydrogens is 224 g/mol. The number of carbonyl (C=O) groups is 1. The summed E-state index contributed by atoms with van der Waals surface area (Å²) in [4.78, 5) is 11.4. The molecule has 0 N–H and O–H groups in total. The van der Waals surface area contributed by atoms with Crippen LogP contribution >= 0.6 is 0 Å². The number of hydrogen-bond donors (Lipinski definition) is 0. The fourth-order valence-corrected chi connectivity index (χ4v) is 3.21. The van der Waals surface area contributed by atoms with Crippen molar-refractivity contribution in [3.05, 3.63) is 12.2 Å². The highest BCUT2D eigenvalue weighted by molar-refractivity contribution is 5.86. The first-order valence-corrected chi connectivity index (χ1v) is 7.26. The average molecular weight is 252 g/mol. The van der Waals surface area contributed by atoms with Gasteiger partial charge in [0.2, 0.25) is 0 Å². The molecule has 0 aromatic rings. The minimum atomic E-state index is -0.239. The molecule has 0 radical (unpaired) electrons. The Kier molecular flexibility index (Phi) is 5.90. The summed E-state index contributed by atoms with van der Waals surface area (Å²) >= 11 is 0. The lowest BCUT2D eigenvalue weighted by Gasteiger charge is -2.17. The molecule has 1 aliphatic rings. The van der Waals surface area contributed by atoms with Crippen molar-refractivity contribution in [3.63, 3.8) is 0 Å². The second-order valence-electron chi connectivity index (χ2n) is 6.27. The molecule has 0 aliphatic heterocycles. The van der Waals surface area contributed by atoms with Gasteiger partial charge < -0.3 is 4.74 Å². The second-order valence-corrected chi connectivity index (χ2v) is 6.27. The number of carbonyl (C=O) groups excluding carboxylic acids is 1. The van der Waals surface area contributed by atoms with Crippen molar-refractivity contribution in [1.82, 2.24) is 0 Å². The monoisotopic (exact) mass is 252 g/mol. The maximum atomic E-state index is 11.4. The summed E-state index contributed by atoms with van der Waals surface area (Å²) in [6.07, 6.45) is 5.04. The van der Waals surface area contributed by atoms with E-state index in [1.807, 2.05) is 0 Å². The largest absolute Gasteiger partial charge is 0.462 e. The van der Waals surface area contributed by atoms with Crippen molar-refractivity contribution in [2.24, 2.45) is 23.7 Å². The maximum absolute atomic E-state index is 11.4. The highest BCUT2D eigenvalue weighted by Gasteiger charge is 2.33. The summed E-state index contributed by atoms with van der Waals surface area (Å²) in [5, 5.41) is 0. The first-order chi connectivity index (χ1) is 8.43. The molecule has 1 saturated carbocycles. The van der Waals surface area contributed by atoms with E-state index in [2.05, 4.69) is 27.4 Å². The topological polar surface area (TPSA) is 26.3 Å². The zero-order chi connectivity index (χ0) is 13.7. The van der Waals surface area contributed by atoms with Crippen molar-refractivity contribution in [3.8, 4) is 0 Å². The lowest BCUT2D eigenvalue weighted by Crippen LogP contribution is -2.17. The Morgan fingerprint density at radius 1 is 1.33 bits per heavy atom. The molecule has 0 heterocycles. The van der Waals surface area contributed by atoms with Gasteiger partial charge in [-0.25, -0.2) is 4.79 Å². The highest BCUT2D eigenvalue weighted by Crippen LogP contribution is 2.41. The third-order valence-electron chi connectivity index (χ3n) is 4.04. The van der Waals surface area contributed by atoms with Crippen LogP contribution in [0.3, 0.4) is 0 Å². The minimum Gasteiger partial charge on any atom is -0.462 e. The van der Waals surface area contributed by atoms with Gasteiger partial charge in [0.15, 0.2) is 0 Å². The maximum Gasteiger partial charge on any atom is 0.333 e. The molecule has 2 heteroatoms. The summed E-state index contributed by atoms with van der Waals surface area (Å²) < 4.78 is 5.33. The van der Waals surface area contributed by atoms with E-state index in [9.17, 15) is 4.79 Å². The lowest BCUT2D eigenvalue weighted by atomic mass is 9.94. The second kappa shape index (κ2) is 6.96. The van der Waals surface area contributed by atoms with E-state index in [1.54, 1.807) is 6.92 Å². The molecule has 0 aromatic heterocycles. The van der Waals surface area contributed by atoms with Crippen LogP contribution in [0.5, 0.6) is 0 Å². The quantitative estimate of drug-likeness (QED) is 0.523. The Hall–Kier alpha value is -0.790. The Balaban J connectivity index is 2.44. The van der Waals surface area contributed by atoms with Crippen LogP contribution in [0.1, 0.15) is 53.4 Å². The van der Waals surface area contributed by atoms with Crippen LogP contribution in [0, 0.1) is 23.7 Å². The van der Waals surface area contributed by atoms with E-state index in [-0.39, 0.29) is 5.97 Å². The first kappa shape index (κ1) is 15.3. The molecule has 3 atom stereocenters. The van der Waals surface area contributed by atoms with E-state index >= 15 is 0 Å². The molecule has 2 nitrogen and oxygen atoms in total. The van der Waals surface area contributed by atoms with Crippen LogP contribution in [0.2, 0.25) is 0 Å². The molecular formula is C16H28O2. The average Bonchev–Trinajstić information content (AvgIpc) is 2.66. The van der Waals surface area contributed by atoms with Gasteiger partial charge in [0.25, 0.3) is 0 Å². The predicted octanol–water partition coefficient (Wildman–Crippen LogP) is 4.20. The highest BCUT2D eigenvalue weighted by atomic mass is 16.5. The molecule has 1 aliphatic carbocycles. The van der Waals surface area contributed by atoms with Crippen LogP contribution in [0.4, 0.5) is 0 Å². The fraction of sp³-hybridized carbons (Fsp3) is 0.812. The van der Waals surface area contributed by atoms with Crippen molar-refractivity contribution in [2.75, 3.05) is 6.61 Å². The van der Waals surface area contributed by atoms with Gasteiger partial charge >= 0.3 is 5.97 Å². The van der Waals surface area contributed by atoms with Gasteiger partial charge in [0, 0.05) is 5.57 Å². The lowest BCUT2D eigenvalue weighted by molar-refractivity contribution is -0.140. The Morgan fingerprint density at radius 2 is 1.94 bits per heavy atom. The number of ether oxygens (including phenoxy) is 1. The molecule has 1 rings (SSSR count). The summed E-state index contributed by atoms with van der Waals surface area (Å²) in [6.45, 7) is 12.7. The molecule has 0 bridgehead atoms. The van der Waals surface area contributed by atoms with E-state index in [4.69, 9.17) is 4.74 Å². The molecule has 0 saturated heterocycles. The van der Waals surface area contributed by atoms with Crippen molar-refractivity contribution in [2.45, 2.75) is 53.4 Å². The van der Waals surface area contributed by atoms with Gasteiger partial charge in [-0.2, -0.15) is 0 Å². The molecule has 0 aromatic carbocycles. The SMILES string of the molecule is C=C(C)C(=O)OCC1CC(CC(C)C)CC1CC. The van der Waals surface area contributed by atoms with Crippen LogP contribution in [-0.2, 0) is 9.53 Å². The standard InChI is InChI=1S/C16H28O2/c1-6-14-8-13(7-11(2)3)9-15(14)10-18-16(17)12(4)5/h11,13-15H,4,6-10H2,1-3,5H3. The molecule has 0 amide bonds. The van der Waals surface area contributed by atoms with Crippen LogP contribution in [0.15, 0.2) is 12.2 Å². The third-order valence-corrected chi connectivity index (χ3v) is 4.04. The van der Waals surface area contributed by atoms with Gasteiger partial charge in [0.05, 0.1) is 6.61 Å².